The molecule has 22 heavy (non-hydrogen) atoms. The van der Waals surface area contributed by atoms with E-state index in [1.807, 2.05) is 29.2 Å². The van der Waals surface area contributed by atoms with E-state index in [9.17, 15) is 9.90 Å². The van der Waals surface area contributed by atoms with Gasteiger partial charge in [-0.15, -0.1) is 0 Å². The summed E-state index contributed by atoms with van der Waals surface area (Å²) >= 11 is 0. The van der Waals surface area contributed by atoms with Gasteiger partial charge in [-0.2, -0.15) is 0 Å². The molecule has 1 aromatic rings. The summed E-state index contributed by atoms with van der Waals surface area (Å²) in [6, 6.07) is 7.49. The first-order valence-electron chi connectivity index (χ1n) is 7.90. The number of nitrogens with zero attached hydrogens (tertiary/aromatic N) is 1. The summed E-state index contributed by atoms with van der Waals surface area (Å²) in [7, 11) is -1.83. The molecule has 4 nitrogen and oxygen atoms in total. The van der Waals surface area contributed by atoms with Crippen LogP contribution in [0.15, 0.2) is 24.3 Å². The number of aliphatic carboxylic acids is 1. The van der Waals surface area contributed by atoms with Gasteiger partial charge in [0.15, 0.2) is 0 Å². The second kappa shape index (κ2) is 5.95. The first-order valence-corrected chi connectivity index (χ1v) is 10.8. The van der Waals surface area contributed by atoms with Crippen molar-refractivity contribution in [2.75, 3.05) is 11.4 Å². The van der Waals surface area contributed by atoms with Crippen LogP contribution in [0.3, 0.4) is 0 Å². The standard InChI is InChI=1S/C17H27NO3Si/c1-17(2,3)22(4,5)21-14-10-8-13(9-11-14)18-12-6-7-15(18)16(19)20/h8-11,15H,6-7,12H2,1-5H3,(H,19,20)/t15-/m1/s1. The molecule has 0 aromatic heterocycles. The topological polar surface area (TPSA) is 49.8 Å². The van der Waals surface area contributed by atoms with E-state index in [2.05, 4.69) is 33.9 Å². The Bertz CT molecular complexity index is 534. The van der Waals surface area contributed by atoms with Crippen LogP contribution in [0.4, 0.5) is 5.69 Å². The highest BCUT2D eigenvalue weighted by Crippen LogP contribution is 2.37. The molecule has 1 fully saturated rings. The summed E-state index contributed by atoms with van der Waals surface area (Å²) in [5, 5.41) is 9.44. The maximum absolute atomic E-state index is 11.3. The number of rotatable bonds is 4. The van der Waals surface area contributed by atoms with Gasteiger partial charge < -0.3 is 14.4 Å². The number of carboxylic acids is 1. The smallest absolute Gasteiger partial charge is 0.326 e. The van der Waals surface area contributed by atoms with Gasteiger partial charge in [0, 0.05) is 12.2 Å². The van der Waals surface area contributed by atoms with Gasteiger partial charge in [0.2, 0.25) is 8.32 Å². The number of anilines is 1. The van der Waals surface area contributed by atoms with E-state index in [-0.39, 0.29) is 5.04 Å². The Morgan fingerprint density at radius 2 is 1.86 bits per heavy atom. The Kier molecular flexibility index (Phi) is 4.56. The van der Waals surface area contributed by atoms with Crippen LogP contribution in [0, 0.1) is 0 Å². The van der Waals surface area contributed by atoms with Gasteiger partial charge in [-0.3, -0.25) is 0 Å². The molecule has 1 atom stereocenters. The molecule has 0 aliphatic carbocycles. The SMILES string of the molecule is CC(C)(C)[Si](C)(C)Oc1ccc(N2CCC[C@@H]2C(=O)O)cc1. The van der Waals surface area contributed by atoms with E-state index < -0.39 is 20.3 Å². The fourth-order valence-corrected chi connectivity index (χ4v) is 3.52. The number of hydrogen-bond donors (Lipinski definition) is 1. The Morgan fingerprint density at radius 3 is 2.36 bits per heavy atom. The molecular weight excluding hydrogens is 294 g/mol. The molecule has 1 aromatic carbocycles. The van der Waals surface area contributed by atoms with E-state index in [0.717, 1.165) is 30.8 Å². The Balaban J connectivity index is 2.13. The molecule has 2 rings (SSSR count). The largest absolute Gasteiger partial charge is 0.544 e. The molecule has 122 valence electrons. The van der Waals surface area contributed by atoms with Gasteiger partial charge in [0.1, 0.15) is 11.8 Å². The third kappa shape index (κ3) is 3.46. The van der Waals surface area contributed by atoms with E-state index >= 15 is 0 Å². The van der Waals surface area contributed by atoms with Crippen LogP contribution in [0.5, 0.6) is 5.75 Å². The summed E-state index contributed by atoms with van der Waals surface area (Å²) in [6.45, 7) is 11.9. The number of carbonyl (C=O) groups is 1. The zero-order valence-corrected chi connectivity index (χ0v) is 15.2. The Hall–Kier alpha value is -1.49. The van der Waals surface area contributed by atoms with Crippen LogP contribution in [-0.4, -0.2) is 32.0 Å². The quantitative estimate of drug-likeness (QED) is 0.847. The van der Waals surface area contributed by atoms with Crippen LogP contribution in [-0.2, 0) is 4.79 Å². The average molecular weight is 321 g/mol. The number of hydrogen-bond acceptors (Lipinski definition) is 3. The van der Waals surface area contributed by atoms with Crippen molar-refractivity contribution >= 4 is 20.0 Å². The van der Waals surface area contributed by atoms with Crippen LogP contribution < -0.4 is 9.33 Å². The molecule has 1 N–H and O–H groups in total. The molecule has 0 spiro atoms. The predicted octanol–water partition coefficient (Wildman–Crippen LogP) is 4.12. The molecule has 0 bridgehead atoms. The van der Waals surface area contributed by atoms with Crippen LogP contribution in [0.25, 0.3) is 0 Å². The third-order valence-corrected chi connectivity index (χ3v) is 9.24. The molecule has 1 heterocycles. The summed E-state index contributed by atoms with van der Waals surface area (Å²) < 4.78 is 6.26. The fourth-order valence-electron chi connectivity index (χ4n) is 2.49. The zero-order chi connectivity index (χ0) is 16.5. The van der Waals surface area contributed by atoms with Gasteiger partial charge in [-0.05, 0) is 55.2 Å². The highest BCUT2D eigenvalue weighted by Gasteiger charge is 2.39. The van der Waals surface area contributed by atoms with Crippen molar-refractivity contribution in [3.05, 3.63) is 24.3 Å². The van der Waals surface area contributed by atoms with E-state index in [1.165, 1.54) is 0 Å². The highest BCUT2D eigenvalue weighted by atomic mass is 28.4. The van der Waals surface area contributed by atoms with Crippen molar-refractivity contribution in [2.24, 2.45) is 0 Å². The summed E-state index contributed by atoms with van der Waals surface area (Å²) in [5.41, 5.74) is 0.965. The third-order valence-electron chi connectivity index (χ3n) is 4.89. The first-order chi connectivity index (χ1) is 10.1. The Labute approximate surface area is 134 Å². The van der Waals surface area contributed by atoms with Crippen molar-refractivity contribution in [1.82, 2.24) is 0 Å². The van der Waals surface area contributed by atoms with E-state index in [4.69, 9.17) is 4.43 Å². The van der Waals surface area contributed by atoms with Gasteiger partial charge in [0.05, 0.1) is 0 Å². The minimum atomic E-state index is -1.83. The second-order valence-corrected chi connectivity index (χ2v) is 12.3. The molecule has 1 aliphatic rings. The van der Waals surface area contributed by atoms with Crippen molar-refractivity contribution in [3.63, 3.8) is 0 Å². The summed E-state index contributed by atoms with van der Waals surface area (Å²) in [5.74, 6) is 0.139. The summed E-state index contributed by atoms with van der Waals surface area (Å²) in [6.07, 6.45) is 1.65. The van der Waals surface area contributed by atoms with Crippen molar-refractivity contribution in [1.29, 1.82) is 0 Å². The number of benzene rings is 1. The van der Waals surface area contributed by atoms with E-state index in [0.29, 0.717) is 0 Å². The van der Waals surface area contributed by atoms with Gasteiger partial charge >= 0.3 is 5.97 Å². The summed E-state index contributed by atoms with van der Waals surface area (Å²) in [4.78, 5) is 13.3. The molecule has 5 heteroatoms. The lowest BCUT2D eigenvalue weighted by Crippen LogP contribution is -2.43. The van der Waals surface area contributed by atoms with Crippen LogP contribution >= 0.6 is 0 Å². The van der Waals surface area contributed by atoms with Gasteiger partial charge in [-0.1, -0.05) is 20.8 Å². The monoisotopic (exact) mass is 321 g/mol. The molecule has 1 aliphatic heterocycles. The molecule has 1 saturated heterocycles. The van der Waals surface area contributed by atoms with Crippen LogP contribution in [0.2, 0.25) is 18.1 Å². The normalized spacial score (nSPS) is 19.3. The molecule has 0 radical (unpaired) electrons. The molecule has 0 amide bonds. The van der Waals surface area contributed by atoms with Gasteiger partial charge in [0.25, 0.3) is 0 Å². The molecular formula is C17H27NO3Si. The fraction of sp³-hybridized carbons (Fsp3) is 0.588. The minimum absolute atomic E-state index is 0.162. The number of carboxylic acid groups (broad SMARTS) is 1. The lowest BCUT2D eigenvalue weighted by Gasteiger charge is -2.36. The minimum Gasteiger partial charge on any atom is -0.544 e. The van der Waals surface area contributed by atoms with Crippen molar-refractivity contribution in [2.45, 2.75) is 57.8 Å². The first kappa shape index (κ1) is 16.9. The highest BCUT2D eigenvalue weighted by molar-refractivity contribution is 6.74. The van der Waals surface area contributed by atoms with Crippen LogP contribution in [0.1, 0.15) is 33.6 Å². The lowest BCUT2D eigenvalue weighted by molar-refractivity contribution is -0.138. The van der Waals surface area contributed by atoms with Crippen molar-refractivity contribution in [3.8, 4) is 5.75 Å². The molecule has 0 saturated carbocycles. The van der Waals surface area contributed by atoms with Gasteiger partial charge in [-0.25, -0.2) is 4.79 Å². The maximum atomic E-state index is 11.3. The zero-order valence-electron chi connectivity index (χ0n) is 14.2. The average Bonchev–Trinajstić information content (AvgIpc) is 2.87. The van der Waals surface area contributed by atoms with Crippen molar-refractivity contribution < 1.29 is 14.3 Å². The Morgan fingerprint density at radius 1 is 1.27 bits per heavy atom. The molecule has 0 unspecified atom stereocenters. The van der Waals surface area contributed by atoms with E-state index in [1.54, 1.807) is 0 Å². The maximum Gasteiger partial charge on any atom is 0.326 e. The lowest BCUT2D eigenvalue weighted by atomic mass is 10.2. The predicted molar refractivity (Wildman–Crippen MR) is 92.3 cm³/mol. The second-order valence-electron chi connectivity index (χ2n) is 7.55.